The fourth-order valence-electron chi connectivity index (χ4n) is 3.03. The molecule has 11 heteroatoms. The molecule has 3 aromatic rings. The van der Waals surface area contributed by atoms with Gasteiger partial charge in [-0.3, -0.25) is 14.5 Å². The molecule has 1 aliphatic rings. The van der Waals surface area contributed by atoms with E-state index in [0.717, 1.165) is 21.9 Å². The average molecular weight is 531 g/mol. The summed E-state index contributed by atoms with van der Waals surface area (Å²) in [6, 6.07) is 14.0. The number of thiocarbonyl (C=S) groups is 1. The number of benzene rings is 2. The summed E-state index contributed by atoms with van der Waals surface area (Å²) in [5, 5.41) is 11.3. The second-order valence-corrected chi connectivity index (χ2v) is 11.1. The molecule has 1 aliphatic heterocycles. The predicted octanol–water partition coefficient (Wildman–Crippen LogP) is 5.51. The molecule has 1 fully saturated rings. The maximum Gasteiger partial charge on any atom is 0.266 e. The van der Waals surface area contributed by atoms with Crippen molar-refractivity contribution in [3.8, 4) is 0 Å². The second kappa shape index (κ2) is 11.2. The van der Waals surface area contributed by atoms with E-state index >= 15 is 0 Å². The van der Waals surface area contributed by atoms with E-state index in [-0.39, 0.29) is 30.6 Å². The molecule has 0 atom stereocenters. The predicted molar refractivity (Wildman–Crippen MR) is 140 cm³/mol. The molecule has 4 rings (SSSR count). The van der Waals surface area contributed by atoms with E-state index in [9.17, 15) is 14.0 Å². The lowest BCUT2D eigenvalue weighted by Gasteiger charge is -2.13. The highest BCUT2D eigenvalue weighted by Crippen LogP contribution is 2.33. The van der Waals surface area contributed by atoms with E-state index < -0.39 is 0 Å². The third-order valence-corrected chi connectivity index (χ3v) is 8.27. The Hall–Kier alpha value is -2.60. The SMILES string of the molecule is Cc1ccccc1CSc1nnc(NC(=O)CCN2C(=O)/C(=C/c3ccc(F)cc3)SC2=S)s1. The number of anilines is 1. The van der Waals surface area contributed by atoms with Crippen LogP contribution in [0.15, 0.2) is 57.8 Å². The van der Waals surface area contributed by atoms with Crippen LogP contribution in [0.5, 0.6) is 0 Å². The highest BCUT2D eigenvalue weighted by Gasteiger charge is 2.32. The first kappa shape index (κ1) is 24.5. The van der Waals surface area contributed by atoms with Gasteiger partial charge in [-0.2, -0.15) is 0 Å². The summed E-state index contributed by atoms with van der Waals surface area (Å²) in [5.41, 5.74) is 3.15. The Labute approximate surface area is 214 Å². The van der Waals surface area contributed by atoms with Crippen molar-refractivity contribution in [2.24, 2.45) is 0 Å². The summed E-state index contributed by atoms with van der Waals surface area (Å²) in [7, 11) is 0. The van der Waals surface area contributed by atoms with Crippen molar-refractivity contribution in [3.05, 3.63) is 75.9 Å². The summed E-state index contributed by atoms with van der Waals surface area (Å²) < 4.78 is 14.2. The molecule has 0 aliphatic carbocycles. The monoisotopic (exact) mass is 530 g/mol. The summed E-state index contributed by atoms with van der Waals surface area (Å²) in [6.45, 7) is 2.23. The van der Waals surface area contributed by atoms with Crippen molar-refractivity contribution in [3.63, 3.8) is 0 Å². The standard InChI is InChI=1S/C23H19FN4O2S4/c1-14-4-2-3-5-16(14)13-32-22-27-26-21(34-22)25-19(29)10-11-28-20(30)18(33-23(28)31)12-15-6-8-17(24)9-7-15/h2-9,12H,10-11,13H2,1H3,(H,25,26,29)/b18-12-. The number of hydrogen-bond donors (Lipinski definition) is 1. The Morgan fingerprint density at radius 2 is 1.97 bits per heavy atom. The molecule has 2 aromatic carbocycles. The zero-order valence-electron chi connectivity index (χ0n) is 18.0. The fourth-order valence-corrected chi connectivity index (χ4v) is 6.18. The summed E-state index contributed by atoms with van der Waals surface area (Å²) in [4.78, 5) is 26.9. The van der Waals surface area contributed by atoms with E-state index in [1.165, 1.54) is 39.5 Å². The van der Waals surface area contributed by atoms with Crippen molar-refractivity contribution < 1.29 is 14.0 Å². The van der Waals surface area contributed by atoms with Crippen molar-refractivity contribution in [1.29, 1.82) is 0 Å². The van der Waals surface area contributed by atoms with Gasteiger partial charge in [-0.15, -0.1) is 10.2 Å². The number of aryl methyl sites for hydroxylation is 1. The molecule has 174 valence electrons. The Bertz CT molecular complexity index is 1260. The third-order valence-electron chi connectivity index (χ3n) is 4.87. The normalized spacial score (nSPS) is 14.8. The van der Waals surface area contributed by atoms with Gasteiger partial charge in [-0.25, -0.2) is 4.39 Å². The minimum Gasteiger partial charge on any atom is -0.300 e. The van der Waals surface area contributed by atoms with Crippen molar-refractivity contribution >= 4 is 74.4 Å². The number of halogens is 1. The largest absolute Gasteiger partial charge is 0.300 e. The number of rotatable bonds is 8. The minimum absolute atomic E-state index is 0.0710. The van der Waals surface area contributed by atoms with Gasteiger partial charge in [0.05, 0.1) is 4.91 Å². The molecule has 1 N–H and O–H groups in total. The molecule has 2 heterocycles. The number of carbonyl (C=O) groups excluding carboxylic acids is 2. The second-order valence-electron chi connectivity index (χ2n) is 7.27. The summed E-state index contributed by atoms with van der Waals surface area (Å²) >= 11 is 9.35. The number of aromatic nitrogens is 2. The lowest BCUT2D eigenvalue weighted by Crippen LogP contribution is -2.31. The van der Waals surface area contributed by atoms with Crippen LogP contribution in [0.1, 0.15) is 23.1 Å². The third kappa shape index (κ3) is 6.29. The van der Waals surface area contributed by atoms with E-state index in [4.69, 9.17) is 12.2 Å². The van der Waals surface area contributed by atoms with Gasteiger partial charge < -0.3 is 5.32 Å². The van der Waals surface area contributed by atoms with Crippen molar-refractivity contribution in [2.45, 2.75) is 23.4 Å². The van der Waals surface area contributed by atoms with Gasteiger partial charge in [0.2, 0.25) is 11.0 Å². The molecule has 1 aromatic heterocycles. The highest BCUT2D eigenvalue weighted by atomic mass is 32.2. The quantitative estimate of drug-likeness (QED) is 0.178. The van der Waals surface area contributed by atoms with Crippen LogP contribution in [0.4, 0.5) is 9.52 Å². The number of carbonyl (C=O) groups is 2. The van der Waals surface area contributed by atoms with E-state index in [1.54, 1.807) is 30.0 Å². The molecule has 6 nitrogen and oxygen atoms in total. The van der Waals surface area contributed by atoms with Crippen LogP contribution in [-0.4, -0.2) is 37.8 Å². The smallest absolute Gasteiger partial charge is 0.266 e. The minimum atomic E-state index is -0.344. The van der Waals surface area contributed by atoms with Crippen LogP contribution in [0, 0.1) is 12.7 Å². The molecule has 34 heavy (non-hydrogen) atoms. The van der Waals surface area contributed by atoms with Crippen LogP contribution in [-0.2, 0) is 15.3 Å². The van der Waals surface area contributed by atoms with Crippen molar-refractivity contribution in [1.82, 2.24) is 15.1 Å². The number of amides is 2. The van der Waals surface area contributed by atoms with Gasteiger partial charge in [-0.05, 0) is 41.8 Å². The lowest BCUT2D eigenvalue weighted by molar-refractivity contribution is -0.122. The van der Waals surface area contributed by atoms with Crippen LogP contribution >= 0.6 is 47.1 Å². The number of thioether (sulfide) groups is 2. The maximum absolute atomic E-state index is 13.1. The first-order chi connectivity index (χ1) is 16.4. The average Bonchev–Trinajstić information content (AvgIpc) is 3.37. The topological polar surface area (TPSA) is 75.2 Å². The summed E-state index contributed by atoms with van der Waals surface area (Å²) in [6.07, 6.45) is 1.73. The molecule has 0 unspecified atom stereocenters. The van der Waals surface area contributed by atoms with Crippen LogP contribution in [0.2, 0.25) is 0 Å². The van der Waals surface area contributed by atoms with Crippen LogP contribution in [0.3, 0.4) is 0 Å². The number of nitrogens with one attached hydrogen (secondary N) is 1. The van der Waals surface area contributed by atoms with E-state index in [1.807, 2.05) is 12.1 Å². The highest BCUT2D eigenvalue weighted by molar-refractivity contribution is 8.26. The van der Waals surface area contributed by atoms with Gasteiger partial charge in [-0.1, -0.05) is 83.5 Å². The molecule has 1 saturated heterocycles. The lowest BCUT2D eigenvalue weighted by atomic mass is 10.1. The molecule has 2 amide bonds. The van der Waals surface area contributed by atoms with Crippen LogP contribution in [0.25, 0.3) is 6.08 Å². The molecular formula is C23H19FN4O2S4. The van der Waals surface area contributed by atoms with Gasteiger partial charge >= 0.3 is 0 Å². The Morgan fingerprint density at radius 1 is 1.21 bits per heavy atom. The van der Waals surface area contributed by atoms with Gasteiger partial charge in [0.1, 0.15) is 10.1 Å². The molecular weight excluding hydrogens is 512 g/mol. The zero-order valence-corrected chi connectivity index (χ0v) is 21.3. The Morgan fingerprint density at radius 3 is 2.74 bits per heavy atom. The number of nitrogens with zero attached hydrogens (tertiary/aromatic N) is 3. The first-order valence-electron chi connectivity index (χ1n) is 10.2. The molecule has 0 spiro atoms. The molecule has 0 bridgehead atoms. The first-order valence-corrected chi connectivity index (χ1v) is 13.2. The summed E-state index contributed by atoms with van der Waals surface area (Å²) in [5.74, 6) is -0.112. The van der Waals surface area contributed by atoms with Gasteiger partial charge in [0.25, 0.3) is 5.91 Å². The van der Waals surface area contributed by atoms with Gasteiger partial charge in [0, 0.05) is 18.7 Å². The molecule has 0 radical (unpaired) electrons. The van der Waals surface area contributed by atoms with Gasteiger partial charge in [0.15, 0.2) is 4.34 Å². The van der Waals surface area contributed by atoms with E-state index in [0.29, 0.717) is 19.9 Å². The Balaban J connectivity index is 1.28. The fraction of sp³-hybridized carbons (Fsp3) is 0.174. The molecule has 0 saturated carbocycles. The Kier molecular flexibility index (Phi) is 8.09. The van der Waals surface area contributed by atoms with E-state index in [2.05, 4.69) is 34.6 Å². The van der Waals surface area contributed by atoms with Crippen LogP contribution < -0.4 is 5.32 Å². The number of hydrogen-bond acceptors (Lipinski definition) is 8. The van der Waals surface area contributed by atoms with Crippen molar-refractivity contribution in [2.75, 3.05) is 11.9 Å². The zero-order chi connectivity index (χ0) is 24.1. The maximum atomic E-state index is 13.1.